The largest absolute Gasteiger partial charge is 0.493 e. The zero-order valence-corrected chi connectivity index (χ0v) is 15.4. The molecule has 5 nitrogen and oxygen atoms in total. The van der Waals surface area contributed by atoms with E-state index in [2.05, 4.69) is 16.8 Å². The minimum Gasteiger partial charge on any atom is -0.493 e. The molecule has 0 bridgehead atoms. The fourth-order valence-electron chi connectivity index (χ4n) is 3.79. The summed E-state index contributed by atoms with van der Waals surface area (Å²) in [6.07, 6.45) is 3.11. The van der Waals surface area contributed by atoms with Crippen molar-refractivity contribution in [2.75, 3.05) is 46.5 Å². The first-order valence-electron chi connectivity index (χ1n) is 9.48. The highest BCUT2D eigenvalue weighted by Gasteiger charge is 2.31. The summed E-state index contributed by atoms with van der Waals surface area (Å²) in [5.41, 5.74) is 0.683. The van der Waals surface area contributed by atoms with Crippen molar-refractivity contribution in [3.8, 4) is 5.75 Å². The minimum absolute atomic E-state index is 0.102. The van der Waals surface area contributed by atoms with Crippen LogP contribution in [-0.4, -0.2) is 68.3 Å². The lowest BCUT2D eigenvalue weighted by Gasteiger charge is -2.38. The number of hydrogen-bond acceptors (Lipinski definition) is 4. The van der Waals surface area contributed by atoms with Crippen LogP contribution in [0.5, 0.6) is 5.75 Å². The second-order valence-electron chi connectivity index (χ2n) is 7.15. The number of rotatable bonds is 6. The van der Waals surface area contributed by atoms with Crippen molar-refractivity contribution >= 4 is 5.91 Å². The van der Waals surface area contributed by atoms with Gasteiger partial charge < -0.3 is 19.3 Å². The highest BCUT2D eigenvalue weighted by atomic mass is 16.5. The summed E-state index contributed by atoms with van der Waals surface area (Å²) in [6.45, 7) is 6.97. The van der Waals surface area contributed by atoms with Gasteiger partial charge in [-0.25, -0.2) is 0 Å². The Morgan fingerprint density at radius 3 is 2.72 bits per heavy atom. The van der Waals surface area contributed by atoms with Crippen molar-refractivity contribution in [3.05, 3.63) is 29.8 Å². The summed E-state index contributed by atoms with van der Waals surface area (Å²) in [4.78, 5) is 17.8. The van der Waals surface area contributed by atoms with Crippen molar-refractivity contribution < 1.29 is 14.3 Å². The first-order valence-corrected chi connectivity index (χ1v) is 9.48. The molecule has 1 amide bonds. The molecule has 2 heterocycles. The maximum absolute atomic E-state index is 13.4. The number of likely N-dealkylation sites (tertiary alicyclic amines) is 1. The van der Waals surface area contributed by atoms with Gasteiger partial charge in [-0.15, -0.1) is 0 Å². The van der Waals surface area contributed by atoms with Gasteiger partial charge in [-0.3, -0.25) is 4.79 Å². The van der Waals surface area contributed by atoms with Crippen molar-refractivity contribution in [2.24, 2.45) is 5.92 Å². The number of nitrogens with zero attached hydrogens (tertiary/aromatic N) is 2. The average molecular weight is 346 g/mol. The number of amides is 1. The van der Waals surface area contributed by atoms with Crippen LogP contribution in [0.4, 0.5) is 0 Å². The third-order valence-corrected chi connectivity index (χ3v) is 5.29. The number of para-hydroxylation sites is 1. The summed E-state index contributed by atoms with van der Waals surface area (Å²) in [6, 6.07) is 7.93. The molecule has 0 aromatic heterocycles. The van der Waals surface area contributed by atoms with E-state index in [1.54, 1.807) is 0 Å². The predicted octanol–water partition coefficient (Wildman–Crippen LogP) is 2.66. The van der Waals surface area contributed by atoms with Gasteiger partial charge in [0.25, 0.3) is 5.91 Å². The summed E-state index contributed by atoms with van der Waals surface area (Å²) in [5.74, 6) is 1.24. The van der Waals surface area contributed by atoms with E-state index in [0.717, 1.165) is 52.1 Å². The van der Waals surface area contributed by atoms with Crippen LogP contribution in [0.25, 0.3) is 0 Å². The van der Waals surface area contributed by atoms with E-state index in [-0.39, 0.29) is 5.91 Å². The van der Waals surface area contributed by atoms with Crippen LogP contribution in [-0.2, 0) is 4.74 Å². The van der Waals surface area contributed by atoms with Gasteiger partial charge in [-0.1, -0.05) is 12.1 Å². The maximum Gasteiger partial charge on any atom is 0.257 e. The van der Waals surface area contributed by atoms with E-state index in [9.17, 15) is 4.79 Å². The maximum atomic E-state index is 13.4. The number of carbonyl (C=O) groups excluding carboxylic acids is 1. The summed E-state index contributed by atoms with van der Waals surface area (Å²) < 4.78 is 11.2. The molecule has 2 aliphatic rings. The Morgan fingerprint density at radius 2 is 2.04 bits per heavy atom. The fraction of sp³-hybridized carbons (Fsp3) is 0.650. The molecule has 1 aromatic rings. The molecular weight excluding hydrogens is 316 g/mol. The van der Waals surface area contributed by atoms with Crippen LogP contribution in [0.1, 0.15) is 36.5 Å². The lowest BCUT2D eigenvalue weighted by atomic mass is 9.99. The van der Waals surface area contributed by atoms with Crippen molar-refractivity contribution in [3.63, 3.8) is 0 Å². The number of benzene rings is 1. The molecule has 3 rings (SSSR count). The number of carbonyl (C=O) groups is 1. The van der Waals surface area contributed by atoms with Gasteiger partial charge in [0.2, 0.25) is 0 Å². The molecule has 1 unspecified atom stereocenters. The lowest BCUT2D eigenvalue weighted by Crippen LogP contribution is -2.48. The molecule has 0 saturated carbocycles. The molecule has 1 aromatic carbocycles. The number of ether oxygens (including phenoxy) is 2. The average Bonchev–Trinajstić information content (AvgIpc) is 3.14. The summed E-state index contributed by atoms with van der Waals surface area (Å²) >= 11 is 0. The first-order chi connectivity index (χ1) is 12.2. The lowest BCUT2D eigenvalue weighted by molar-refractivity contribution is 0.0533. The number of hydrogen-bond donors (Lipinski definition) is 0. The van der Waals surface area contributed by atoms with Gasteiger partial charge in [0.05, 0.1) is 18.8 Å². The van der Waals surface area contributed by atoms with Gasteiger partial charge in [-0.2, -0.15) is 0 Å². The van der Waals surface area contributed by atoms with E-state index in [1.165, 1.54) is 0 Å². The highest BCUT2D eigenvalue weighted by molar-refractivity contribution is 5.97. The Balaban J connectivity index is 1.81. The first kappa shape index (κ1) is 18.2. The van der Waals surface area contributed by atoms with Crippen molar-refractivity contribution in [1.29, 1.82) is 0 Å². The van der Waals surface area contributed by atoms with Crippen molar-refractivity contribution in [1.82, 2.24) is 9.80 Å². The monoisotopic (exact) mass is 346 g/mol. The Kier molecular flexibility index (Phi) is 6.32. The Bertz CT molecular complexity index is 564. The topological polar surface area (TPSA) is 42.0 Å². The second kappa shape index (κ2) is 8.68. The summed E-state index contributed by atoms with van der Waals surface area (Å²) in [7, 11) is 2.15. The SMILES string of the molecule is CCOc1ccccc1C(=O)N(CC1CCOC1)C1CCN(C)CC1. The molecule has 2 saturated heterocycles. The van der Waals surface area contributed by atoms with E-state index in [1.807, 2.05) is 31.2 Å². The molecule has 2 fully saturated rings. The third-order valence-electron chi connectivity index (χ3n) is 5.29. The van der Waals surface area contributed by atoms with Crippen LogP contribution in [0, 0.1) is 5.92 Å². The predicted molar refractivity (Wildman–Crippen MR) is 98.1 cm³/mol. The van der Waals surface area contributed by atoms with Crippen molar-refractivity contribution in [2.45, 2.75) is 32.2 Å². The van der Waals surface area contributed by atoms with E-state index in [0.29, 0.717) is 29.9 Å². The molecule has 0 spiro atoms. The molecular formula is C20H30N2O3. The molecule has 0 N–H and O–H groups in total. The van der Waals surface area contributed by atoms with Gasteiger partial charge in [0.1, 0.15) is 5.75 Å². The van der Waals surface area contributed by atoms with E-state index in [4.69, 9.17) is 9.47 Å². The zero-order valence-electron chi connectivity index (χ0n) is 15.4. The van der Waals surface area contributed by atoms with Crippen LogP contribution in [0.3, 0.4) is 0 Å². The Morgan fingerprint density at radius 1 is 1.28 bits per heavy atom. The standard InChI is InChI=1S/C20H30N2O3/c1-3-25-19-7-5-4-6-18(19)20(23)22(14-16-10-13-24-15-16)17-8-11-21(2)12-9-17/h4-7,16-17H,3,8-15H2,1-2H3. The van der Waals surface area contributed by atoms with Crippen LogP contribution in [0.15, 0.2) is 24.3 Å². The molecule has 1 atom stereocenters. The third kappa shape index (κ3) is 4.53. The van der Waals surface area contributed by atoms with Crippen LogP contribution >= 0.6 is 0 Å². The smallest absolute Gasteiger partial charge is 0.257 e. The van der Waals surface area contributed by atoms with E-state index >= 15 is 0 Å². The molecule has 138 valence electrons. The van der Waals surface area contributed by atoms with Gasteiger partial charge >= 0.3 is 0 Å². The summed E-state index contributed by atoms with van der Waals surface area (Å²) in [5, 5.41) is 0. The molecule has 5 heteroatoms. The number of piperidine rings is 1. The highest BCUT2D eigenvalue weighted by Crippen LogP contribution is 2.26. The minimum atomic E-state index is 0.102. The molecule has 0 aliphatic carbocycles. The van der Waals surface area contributed by atoms with Gasteiger partial charge in [0.15, 0.2) is 0 Å². The Labute approximate surface area is 150 Å². The molecule has 25 heavy (non-hydrogen) atoms. The molecule has 2 aliphatic heterocycles. The van der Waals surface area contributed by atoms with Crippen LogP contribution in [0.2, 0.25) is 0 Å². The fourth-order valence-corrected chi connectivity index (χ4v) is 3.79. The van der Waals surface area contributed by atoms with E-state index < -0.39 is 0 Å². The quantitative estimate of drug-likeness (QED) is 0.794. The van der Waals surface area contributed by atoms with Crippen LogP contribution < -0.4 is 4.74 Å². The Hall–Kier alpha value is -1.59. The zero-order chi connectivity index (χ0) is 17.6. The van der Waals surface area contributed by atoms with Gasteiger partial charge in [0, 0.05) is 25.1 Å². The molecule has 0 radical (unpaired) electrons. The van der Waals surface area contributed by atoms with Gasteiger partial charge in [-0.05, 0) is 58.5 Å². The second-order valence-corrected chi connectivity index (χ2v) is 7.15. The normalized spacial score (nSPS) is 22.1.